The number of aliphatic imine (C=N–C) groups is 5. The minimum atomic E-state index is -0.545. The number of imidazole rings is 2. The van der Waals surface area contributed by atoms with Gasteiger partial charge in [-0.25, -0.2) is 22.8 Å². The van der Waals surface area contributed by atoms with Gasteiger partial charge < -0.3 is 110 Å². The van der Waals surface area contributed by atoms with Crippen molar-refractivity contribution in [2.24, 2.45) is 39.1 Å². The fraction of sp³-hybridized carbons (Fsp3) is 0.392. The molecule has 22 nitrogen and oxygen atoms in total. The minimum Gasteiger partial charge on any atom is -1.00 e. The number of aromatic hydroxyl groups is 5. The van der Waals surface area contributed by atoms with Crippen molar-refractivity contribution in [3.8, 4) is 34.5 Å². The number of aliphatic hydroxyl groups is 5. The Kier molecular flexibility index (Phi) is 49.0. The van der Waals surface area contributed by atoms with Gasteiger partial charge in [0.25, 0.3) is 0 Å². The number of likely N-dealkylation sites (tertiary alicyclic amines) is 1. The minimum absolute atomic E-state index is 0. The maximum absolute atomic E-state index is 9.91. The predicted octanol–water partition coefficient (Wildman–Crippen LogP) is -3.69. The van der Waals surface area contributed by atoms with Crippen LogP contribution in [0.25, 0.3) is 0 Å². The van der Waals surface area contributed by atoms with Gasteiger partial charge in [0, 0.05) is 65.4 Å². The molecule has 10 N–H and O–H groups in total. The molecule has 0 aliphatic carbocycles. The Morgan fingerprint density at radius 2 is 0.857 bits per heavy atom. The van der Waals surface area contributed by atoms with Gasteiger partial charge in [-0.05, 0) is 162 Å². The number of rotatable bonds is 26. The highest BCUT2D eigenvalue weighted by molar-refractivity contribution is 5.86. The molecule has 3 heterocycles. The van der Waals surface area contributed by atoms with E-state index in [1.54, 1.807) is 68.5 Å². The number of benzene rings is 6. The van der Waals surface area contributed by atoms with E-state index in [0.29, 0.717) is 47.6 Å². The second-order valence-corrected chi connectivity index (χ2v) is 25.3. The van der Waals surface area contributed by atoms with Gasteiger partial charge in [0.15, 0.2) is 12.8 Å². The Hall–Kier alpha value is -8.52. The van der Waals surface area contributed by atoms with Gasteiger partial charge in [-0.2, -0.15) is 0 Å². The summed E-state index contributed by atoms with van der Waals surface area (Å²) >= 11 is 0. The van der Waals surface area contributed by atoms with Crippen LogP contribution in [0.1, 0.15) is 116 Å². The number of aryl methyl sites for hydroxylation is 4. The molecule has 576 valence electrons. The van der Waals surface area contributed by atoms with Crippen molar-refractivity contribution in [3.63, 3.8) is 0 Å². The van der Waals surface area contributed by atoms with Crippen LogP contribution in [-0.4, -0.2) is 211 Å². The summed E-state index contributed by atoms with van der Waals surface area (Å²) in [6.45, 7) is 18.7. The summed E-state index contributed by atoms with van der Waals surface area (Å²) in [7, 11) is 7.52. The van der Waals surface area contributed by atoms with Crippen LogP contribution in [0.5, 0.6) is 34.5 Å². The van der Waals surface area contributed by atoms with Gasteiger partial charge >= 0.3 is 0 Å². The van der Waals surface area contributed by atoms with Crippen LogP contribution >= 0.6 is 0 Å². The van der Waals surface area contributed by atoms with Gasteiger partial charge in [0.2, 0.25) is 12.7 Å². The van der Waals surface area contributed by atoms with E-state index in [0.717, 1.165) is 78.2 Å². The van der Waals surface area contributed by atoms with Crippen molar-refractivity contribution >= 4 is 37.3 Å². The summed E-state index contributed by atoms with van der Waals surface area (Å²) in [6.07, 6.45) is 27.9. The summed E-state index contributed by atoms with van der Waals surface area (Å²) in [6, 6.07) is 36.9. The number of halogens is 4. The van der Waals surface area contributed by atoms with E-state index >= 15 is 0 Å². The average molecular weight is 1530 g/mol. The van der Waals surface area contributed by atoms with E-state index in [1.807, 2.05) is 197 Å². The lowest BCUT2D eigenvalue weighted by molar-refractivity contribution is -0.671. The molecular weight excluding hydrogens is 1420 g/mol. The van der Waals surface area contributed by atoms with E-state index in [-0.39, 0.29) is 106 Å². The summed E-state index contributed by atoms with van der Waals surface area (Å²) in [5, 5.41) is 92.6. The third-order valence-corrected chi connectivity index (χ3v) is 15.5. The van der Waals surface area contributed by atoms with Crippen molar-refractivity contribution in [2.75, 3.05) is 93.0 Å². The van der Waals surface area contributed by atoms with Gasteiger partial charge in [-0.1, -0.05) is 68.8 Å². The molecule has 8 aromatic rings. The first-order chi connectivity index (χ1) is 48.5. The van der Waals surface area contributed by atoms with Crippen LogP contribution in [0.3, 0.4) is 0 Å². The highest BCUT2D eigenvalue weighted by Crippen LogP contribution is 2.23. The number of aliphatic hydroxyl groups excluding tert-OH is 5. The third-order valence-electron chi connectivity index (χ3n) is 15.5. The SMILES string of the molecule is CCc1ccc(O)c(C=NC(C)(C)CO)c1.CCc1ccc(O)c(C=NCCO)c1.COc1ccccc1C=[N+](C)CCO.C[n+]1ccn(Cc2ccc(O)c(C=NC(C)(C)CO)c2)c1.C[n+]1ccn(Cc2ccc(O)c(C=NCCO)c2)c1.Oc1ccccc1C=NCCN1CCCCC1.[Cl-].[Cl-].[Cl-].[Cl-]. The first kappa shape index (κ1) is 96.5. The molecule has 1 saturated heterocycles. The van der Waals surface area contributed by atoms with Crippen LogP contribution < -0.4 is 63.5 Å². The number of likely N-dealkylation sites (N-methyl/N-ethyl adjacent to an activating group) is 1. The standard InChI is InChI=1S/C16H21N3O2.C14H17N3O2.C14H20N2O.C13H19NO2.C11H16NO2.C11H15NO2.4ClH/c1-16(2,11-20)17-9-14-8-13(4-5-15(14)21)10-19-7-6-18(3)12-19;1-16-5-6-17(11-16)10-12-2-3-14(19)13(8-12)9-15-4-7-18;17-14-7-3-2-6-13(14)12-15-8-11-16-9-4-1-5-10-16;1-4-10-5-6-12(16)11(7-10)8-14-13(2,3)9-15;1-12(7-8-13)9-10-5-3-4-6-11(10)14-2;1-2-9-3-4-11(14)10(7-9)8-12-5-6-13;;;;/h4-9,12,20H,10-11H2,1-3H3;2-3,5-6,8-9,11,18H,4,7,10H2,1H3;2-3,6-7,12,17H,1,4-5,8-11H2;5-8,15-16H,4,9H2,1-3H3;3-6,9,13H,7-8H2,1-2H3;3-4,7-8,13-14H,2,5-6H2,1H3;4*1H/q;;;;+1;;;;;/p-2. The molecule has 26 heteroatoms. The average Bonchev–Trinajstić information content (AvgIpc) is 1.78. The van der Waals surface area contributed by atoms with E-state index in [2.05, 4.69) is 52.8 Å². The number of ether oxygens (including phenoxy) is 1. The van der Waals surface area contributed by atoms with E-state index < -0.39 is 11.1 Å². The zero-order chi connectivity index (χ0) is 74.0. The smallest absolute Gasteiger partial charge is 0.243 e. The zero-order valence-electron chi connectivity index (χ0n) is 62.2. The normalized spacial score (nSPS) is 12.2. The molecule has 0 spiro atoms. The highest BCUT2D eigenvalue weighted by Gasteiger charge is 2.16. The largest absolute Gasteiger partial charge is 1.00 e. The van der Waals surface area contributed by atoms with Crippen molar-refractivity contribution in [2.45, 2.75) is 97.8 Å². The van der Waals surface area contributed by atoms with Crippen LogP contribution in [-0.2, 0) is 40.0 Å². The Morgan fingerprint density at radius 3 is 1.25 bits per heavy atom. The van der Waals surface area contributed by atoms with Crippen LogP contribution in [0, 0.1) is 0 Å². The first-order valence-electron chi connectivity index (χ1n) is 34.1. The van der Waals surface area contributed by atoms with Gasteiger partial charge in [-0.15, -0.1) is 0 Å². The Bertz CT molecular complexity index is 3910. The number of hydrogen-bond donors (Lipinski definition) is 10. The van der Waals surface area contributed by atoms with Crippen molar-refractivity contribution < 1.29 is 119 Å². The Balaban J connectivity index is 0.00000123. The van der Waals surface area contributed by atoms with Crippen molar-refractivity contribution in [3.05, 3.63) is 214 Å². The quantitative estimate of drug-likeness (QED) is 0.0185. The zero-order valence-corrected chi connectivity index (χ0v) is 65.2. The van der Waals surface area contributed by atoms with E-state index in [1.165, 1.54) is 32.4 Å². The molecule has 1 aliphatic heterocycles. The fourth-order valence-corrected chi connectivity index (χ4v) is 9.46. The topological polar surface area (TPSA) is 297 Å². The summed E-state index contributed by atoms with van der Waals surface area (Å²) in [5.41, 5.74) is 7.97. The van der Waals surface area contributed by atoms with Crippen LogP contribution in [0.15, 0.2) is 184 Å². The fourth-order valence-electron chi connectivity index (χ4n) is 9.46. The third kappa shape index (κ3) is 38.4. The van der Waals surface area contributed by atoms with Crippen molar-refractivity contribution in [1.82, 2.24) is 14.0 Å². The predicted molar refractivity (Wildman–Crippen MR) is 404 cm³/mol. The lowest BCUT2D eigenvalue weighted by Crippen LogP contribution is -3.00. The van der Waals surface area contributed by atoms with Crippen LogP contribution in [0.4, 0.5) is 0 Å². The molecule has 1 aliphatic rings. The number of phenolic OH excluding ortho intramolecular Hbond substituents is 5. The molecule has 1 fully saturated rings. The molecular formula is C79H110Cl4N11O11-. The molecule has 0 amide bonds. The second kappa shape index (κ2) is 53.3. The highest BCUT2D eigenvalue weighted by atomic mass is 35.5. The second-order valence-electron chi connectivity index (χ2n) is 25.3. The number of nitrogens with zero attached hydrogens (tertiary/aromatic N) is 11. The molecule has 0 radical (unpaired) electrons. The number of para-hydroxylation sites is 2. The van der Waals surface area contributed by atoms with Crippen LogP contribution in [0.2, 0.25) is 0 Å². The van der Waals surface area contributed by atoms with E-state index in [9.17, 15) is 30.6 Å². The summed E-state index contributed by atoms with van der Waals surface area (Å²) < 4.78 is 15.2. The van der Waals surface area contributed by atoms with Gasteiger partial charge in [0.05, 0.1) is 83.9 Å². The number of piperidine rings is 1. The van der Waals surface area contributed by atoms with E-state index in [4.69, 9.17) is 25.2 Å². The molecule has 9 rings (SSSR count). The molecule has 2 aromatic heterocycles. The molecule has 6 aromatic carbocycles. The molecule has 105 heavy (non-hydrogen) atoms. The molecule has 0 saturated carbocycles. The van der Waals surface area contributed by atoms with Crippen molar-refractivity contribution in [1.29, 1.82) is 0 Å². The number of phenols is 5. The lowest BCUT2D eigenvalue weighted by atomic mass is 10.1. The summed E-state index contributed by atoms with van der Waals surface area (Å²) in [4.78, 5) is 23.4. The van der Waals surface area contributed by atoms with Gasteiger partial charge in [-0.3, -0.25) is 25.0 Å². The number of methoxy groups -OCH3 is 1. The summed E-state index contributed by atoms with van der Waals surface area (Å²) in [5.74, 6) is 1.97. The maximum atomic E-state index is 9.91. The number of hydrogen-bond acceptors (Lipinski definition) is 17. The molecule has 0 unspecified atom stereocenters. The molecule has 0 bridgehead atoms. The Labute approximate surface area is 645 Å². The van der Waals surface area contributed by atoms with Gasteiger partial charge in [0.1, 0.15) is 86.0 Å². The maximum Gasteiger partial charge on any atom is 0.243 e. The monoisotopic (exact) mass is 1530 g/mol. The lowest BCUT2D eigenvalue weighted by Gasteiger charge is -2.25. The first-order valence-corrected chi connectivity index (χ1v) is 34.1. The Morgan fingerprint density at radius 1 is 0.476 bits per heavy atom. The number of aromatic nitrogens is 4. The molecule has 0 atom stereocenters.